The van der Waals surface area contributed by atoms with Crippen molar-refractivity contribution in [2.45, 2.75) is 36.6 Å². The van der Waals surface area contributed by atoms with Crippen molar-refractivity contribution in [3.8, 4) is 0 Å². The van der Waals surface area contributed by atoms with Gasteiger partial charge in [-0.05, 0) is 31.4 Å². The zero-order chi connectivity index (χ0) is 16.3. The van der Waals surface area contributed by atoms with Gasteiger partial charge in [-0.3, -0.25) is 10.1 Å². The van der Waals surface area contributed by atoms with Gasteiger partial charge in [-0.15, -0.1) is 12.4 Å². The molecule has 0 aliphatic heterocycles. The molecule has 0 spiro atoms. The highest BCUT2D eigenvalue weighted by Gasteiger charge is 2.30. The Morgan fingerprint density at radius 1 is 1.35 bits per heavy atom. The van der Waals surface area contributed by atoms with Crippen LogP contribution >= 0.6 is 24.0 Å². The van der Waals surface area contributed by atoms with E-state index in [0.29, 0.717) is 6.54 Å². The van der Waals surface area contributed by atoms with Crippen molar-refractivity contribution in [1.82, 2.24) is 4.72 Å². The fourth-order valence-corrected chi connectivity index (χ4v) is 4.61. The Balaban J connectivity index is 0.00000264. The van der Waals surface area contributed by atoms with Gasteiger partial charge < -0.3 is 5.73 Å². The summed E-state index contributed by atoms with van der Waals surface area (Å²) in [4.78, 5) is 9.91. The molecule has 1 aliphatic carbocycles. The van der Waals surface area contributed by atoms with Gasteiger partial charge >= 0.3 is 0 Å². The number of sulfonamides is 1. The lowest BCUT2D eigenvalue weighted by molar-refractivity contribution is -0.384. The van der Waals surface area contributed by atoms with E-state index in [2.05, 4.69) is 4.72 Å². The standard InChI is InChI=1S/C13H18ClN3O4S.ClH/c14-11-7-10(17(18)19)5-6-13(11)22(20,21)16-12-4-2-1-3-9(12)8-15;/h5-7,9,12,16H,1-4,8,15H2;1H. The van der Waals surface area contributed by atoms with E-state index in [9.17, 15) is 18.5 Å². The van der Waals surface area contributed by atoms with Gasteiger partial charge in [-0.25, -0.2) is 13.1 Å². The summed E-state index contributed by atoms with van der Waals surface area (Å²) in [5.74, 6) is 0.0975. The van der Waals surface area contributed by atoms with Gasteiger partial charge in [0.05, 0.1) is 9.95 Å². The van der Waals surface area contributed by atoms with Crippen LogP contribution in [0.25, 0.3) is 0 Å². The van der Waals surface area contributed by atoms with Crippen molar-refractivity contribution in [2.24, 2.45) is 11.7 Å². The minimum Gasteiger partial charge on any atom is -0.330 e. The highest BCUT2D eigenvalue weighted by atomic mass is 35.5. The monoisotopic (exact) mass is 383 g/mol. The Bertz CT molecular complexity index is 669. The van der Waals surface area contributed by atoms with Crippen LogP contribution in [0, 0.1) is 16.0 Å². The molecule has 2 rings (SSSR count). The molecule has 7 nitrogen and oxygen atoms in total. The van der Waals surface area contributed by atoms with Gasteiger partial charge in [0.25, 0.3) is 5.69 Å². The van der Waals surface area contributed by atoms with E-state index in [-0.39, 0.29) is 40.0 Å². The van der Waals surface area contributed by atoms with Crippen LogP contribution in [0.4, 0.5) is 5.69 Å². The molecule has 0 aromatic heterocycles. The first kappa shape index (κ1) is 20.1. The van der Waals surface area contributed by atoms with Gasteiger partial charge in [0.15, 0.2) is 0 Å². The van der Waals surface area contributed by atoms with E-state index >= 15 is 0 Å². The zero-order valence-corrected chi connectivity index (χ0v) is 14.7. The molecule has 3 N–H and O–H groups in total. The second-order valence-electron chi connectivity index (χ2n) is 5.38. The summed E-state index contributed by atoms with van der Waals surface area (Å²) in [5, 5.41) is 10.5. The third-order valence-electron chi connectivity index (χ3n) is 3.93. The third-order valence-corrected chi connectivity index (χ3v) is 5.91. The van der Waals surface area contributed by atoms with Crippen molar-refractivity contribution < 1.29 is 13.3 Å². The Labute approximate surface area is 146 Å². The molecule has 0 radical (unpaired) electrons. The second kappa shape index (κ2) is 8.25. The fraction of sp³-hybridized carbons (Fsp3) is 0.538. The van der Waals surface area contributed by atoms with Crippen molar-refractivity contribution in [3.63, 3.8) is 0 Å². The van der Waals surface area contributed by atoms with E-state index in [0.717, 1.165) is 43.9 Å². The van der Waals surface area contributed by atoms with Crippen LogP contribution in [-0.4, -0.2) is 25.9 Å². The molecule has 23 heavy (non-hydrogen) atoms. The summed E-state index contributed by atoms with van der Waals surface area (Å²) in [6.45, 7) is 0.418. The number of nitrogens with zero attached hydrogens (tertiary/aromatic N) is 1. The topological polar surface area (TPSA) is 115 Å². The Morgan fingerprint density at radius 2 is 2.00 bits per heavy atom. The molecule has 1 saturated carbocycles. The number of benzene rings is 1. The van der Waals surface area contributed by atoms with Crippen LogP contribution in [0.3, 0.4) is 0 Å². The molecule has 1 aliphatic rings. The van der Waals surface area contributed by atoms with Gasteiger partial charge in [0.2, 0.25) is 10.0 Å². The molecular formula is C13H19Cl2N3O4S. The van der Waals surface area contributed by atoms with Gasteiger partial charge in [0.1, 0.15) is 4.90 Å². The van der Waals surface area contributed by atoms with Gasteiger partial charge in [0, 0.05) is 18.2 Å². The minimum atomic E-state index is -3.84. The molecular weight excluding hydrogens is 365 g/mol. The summed E-state index contributed by atoms with van der Waals surface area (Å²) >= 11 is 5.90. The maximum absolute atomic E-state index is 12.5. The number of nitrogens with one attached hydrogen (secondary N) is 1. The lowest BCUT2D eigenvalue weighted by Crippen LogP contribution is -2.44. The molecule has 0 saturated heterocycles. The van der Waals surface area contributed by atoms with E-state index in [4.69, 9.17) is 17.3 Å². The molecule has 1 fully saturated rings. The molecule has 0 heterocycles. The molecule has 1 aromatic rings. The SMILES string of the molecule is Cl.NCC1CCCCC1NS(=O)(=O)c1ccc([N+](=O)[O-])cc1Cl. The summed E-state index contributed by atoms with van der Waals surface area (Å²) in [5.41, 5.74) is 5.45. The van der Waals surface area contributed by atoms with E-state index < -0.39 is 14.9 Å². The Morgan fingerprint density at radius 3 is 2.57 bits per heavy atom. The highest BCUT2D eigenvalue weighted by molar-refractivity contribution is 7.89. The molecule has 1 aromatic carbocycles. The number of rotatable bonds is 5. The molecule has 2 atom stereocenters. The minimum absolute atomic E-state index is 0. The molecule has 130 valence electrons. The summed E-state index contributed by atoms with van der Waals surface area (Å²) in [7, 11) is -3.84. The largest absolute Gasteiger partial charge is 0.330 e. The lowest BCUT2D eigenvalue weighted by Gasteiger charge is -2.31. The van der Waals surface area contributed by atoms with Crippen LogP contribution in [-0.2, 0) is 10.0 Å². The third kappa shape index (κ3) is 4.77. The lowest BCUT2D eigenvalue weighted by atomic mass is 9.85. The fourth-order valence-electron chi connectivity index (χ4n) is 2.73. The number of hydrogen-bond acceptors (Lipinski definition) is 5. The number of nitro benzene ring substituents is 1. The number of hydrogen-bond donors (Lipinski definition) is 2. The maximum Gasteiger partial charge on any atom is 0.271 e. The van der Waals surface area contributed by atoms with Crippen molar-refractivity contribution in [2.75, 3.05) is 6.54 Å². The normalized spacial score (nSPS) is 21.5. The van der Waals surface area contributed by atoms with Crippen molar-refractivity contribution in [1.29, 1.82) is 0 Å². The molecule has 2 unspecified atom stereocenters. The van der Waals surface area contributed by atoms with E-state index in [1.54, 1.807) is 0 Å². The van der Waals surface area contributed by atoms with Gasteiger partial charge in [-0.2, -0.15) is 0 Å². The second-order valence-corrected chi connectivity index (χ2v) is 7.47. The Hall–Kier alpha value is -0.930. The average molecular weight is 384 g/mol. The number of nitro groups is 1. The maximum atomic E-state index is 12.5. The number of nitrogens with two attached hydrogens (primary N) is 1. The first-order valence-corrected chi connectivity index (χ1v) is 8.87. The molecule has 0 amide bonds. The number of halogens is 2. The summed E-state index contributed by atoms with van der Waals surface area (Å²) < 4.78 is 27.6. The van der Waals surface area contributed by atoms with Crippen molar-refractivity contribution in [3.05, 3.63) is 33.3 Å². The predicted octanol–water partition coefficient (Wildman–Crippen LogP) is 2.47. The van der Waals surface area contributed by atoms with Crippen LogP contribution < -0.4 is 10.5 Å². The van der Waals surface area contributed by atoms with Crippen LogP contribution in [0.1, 0.15) is 25.7 Å². The Kier molecular flexibility index (Phi) is 7.22. The smallest absolute Gasteiger partial charge is 0.271 e. The van der Waals surface area contributed by atoms with Crippen LogP contribution in [0.5, 0.6) is 0 Å². The molecule has 0 bridgehead atoms. The average Bonchev–Trinajstić information content (AvgIpc) is 2.46. The summed E-state index contributed by atoms with van der Waals surface area (Å²) in [6, 6.07) is 3.09. The van der Waals surface area contributed by atoms with Crippen LogP contribution in [0.15, 0.2) is 23.1 Å². The number of non-ortho nitro benzene ring substituents is 1. The van der Waals surface area contributed by atoms with E-state index in [1.165, 1.54) is 0 Å². The molecule has 10 heteroatoms. The van der Waals surface area contributed by atoms with E-state index in [1.807, 2.05) is 0 Å². The highest BCUT2D eigenvalue weighted by Crippen LogP contribution is 2.29. The first-order chi connectivity index (χ1) is 10.3. The van der Waals surface area contributed by atoms with Crippen LogP contribution in [0.2, 0.25) is 5.02 Å². The predicted molar refractivity (Wildman–Crippen MR) is 90.5 cm³/mol. The van der Waals surface area contributed by atoms with Gasteiger partial charge in [-0.1, -0.05) is 24.4 Å². The first-order valence-electron chi connectivity index (χ1n) is 7.01. The van der Waals surface area contributed by atoms with Crippen molar-refractivity contribution >= 4 is 39.7 Å². The zero-order valence-electron chi connectivity index (χ0n) is 12.3. The quantitative estimate of drug-likeness (QED) is 0.598. The summed E-state index contributed by atoms with van der Waals surface area (Å²) in [6.07, 6.45) is 3.60.